The summed E-state index contributed by atoms with van der Waals surface area (Å²) >= 11 is 1.51. The lowest BCUT2D eigenvalue weighted by molar-refractivity contribution is -0.141. The summed E-state index contributed by atoms with van der Waals surface area (Å²) in [6.45, 7) is 2.44. The lowest BCUT2D eigenvalue weighted by Crippen LogP contribution is -2.37. The van der Waals surface area contributed by atoms with E-state index in [1.54, 1.807) is 7.05 Å². The Hall–Kier alpha value is -1.40. The number of thiophene rings is 1. The first kappa shape index (κ1) is 15.7. The van der Waals surface area contributed by atoms with Gasteiger partial charge in [-0.25, -0.2) is 0 Å². The molecule has 0 saturated carbocycles. The van der Waals surface area contributed by atoms with E-state index in [-0.39, 0.29) is 30.3 Å². The van der Waals surface area contributed by atoms with Crippen LogP contribution in [-0.4, -0.2) is 32.6 Å². The number of hydrogen-bond acceptors (Lipinski definition) is 5. The van der Waals surface area contributed by atoms with Gasteiger partial charge in [0.25, 0.3) is 0 Å². The highest BCUT2D eigenvalue weighted by atomic mass is 32.1. The maximum absolute atomic E-state index is 12.0. The van der Waals surface area contributed by atoms with Gasteiger partial charge < -0.3 is 15.4 Å². The fourth-order valence-electron chi connectivity index (χ4n) is 1.68. The molecule has 6 heteroatoms. The molecule has 1 heterocycles. The Kier molecular flexibility index (Phi) is 6.52. The summed E-state index contributed by atoms with van der Waals surface area (Å²) in [5.41, 5.74) is 0. The number of carbonyl (C=O) groups excluding carboxylic acids is 2. The molecule has 0 radical (unpaired) electrons. The minimum Gasteiger partial charge on any atom is -0.469 e. The Balaban J connectivity index is 2.69. The smallest absolute Gasteiger partial charge is 0.307 e. The molecule has 106 valence electrons. The van der Waals surface area contributed by atoms with Gasteiger partial charge in [0.15, 0.2) is 0 Å². The molecule has 1 amide bonds. The molecule has 0 fully saturated rings. The summed E-state index contributed by atoms with van der Waals surface area (Å²) < 4.78 is 4.67. The average Bonchev–Trinajstić information content (AvgIpc) is 2.91. The number of nitrogens with one attached hydrogen (secondary N) is 2. The number of rotatable bonds is 7. The minimum absolute atomic E-state index is 0.0725. The second-order valence-electron chi connectivity index (χ2n) is 4.32. The average molecular weight is 284 g/mol. The fraction of sp³-hybridized carbons (Fsp3) is 0.538. The van der Waals surface area contributed by atoms with Crippen molar-refractivity contribution in [3.05, 3.63) is 22.4 Å². The van der Waals surface area contributed by atoms with Crippen LogP contribution >= 0.6 is 11.3 Å². The quantitative estimate of drug-likeness (QED) is 0.741. The molecule has 0 aliphatic carbocycles. The second-order valence-corrected chi connectivity index (χ2v) is 5.29. The molecule has 2 unspecified atom stereocenters. The zero-order valence-electron chi connectivity index (χ0n) is 11.4. The van der Waals surface area contributed by atoms with E-state index < -0.39 is 0 Å². The molecule has 0 aromatic carbocycles. The number of carbonyl (C=O) groups is 2. The standard InChI is InChI=1S/C13H20N2O3S/c1-9(8-14-2)13(17)15-10(7-12(16)18-3)11-5-4-6-19-11/h4-6,9-10,14H,7-8H2,1-3H3,(H,15,17). The van der Waals surface area contributed by atoms with Crippen molar-refractivity contribution in [1.29, 1.82) is 0 Å². The van der Waals surface area contributed by atoms with Crippen molar-refractivity contribution in [2.75, 3.05) is 20.7 Å². The summed E-state index contributed by atoms with van der Waals surface area (Å²) in [5.74, 6) is -0.554. The molecule has 0 aliphatic rings. The summed E-state index contributed by atoms with van der Waals surface area (Å²) in [4.78, 5) is 24.4. The molecule has 5 nitrogen and oxygen atoms in total. The van der Waals surface area contributed by atoms with Gasteiger partial charge in [0, 0.05) is 17.3 Å². The van der Waals surface area contributed by atoms with Gasteiger partial charge in [-0.2, -0.15) is 0 Å². The van der Waals surface area contributed by atoms with Gasteiger partial charge in [-0.1, -0.05) is 13.0 Å². The first-order valence-corrected chi connectivity index (χ1v) is 7.01. The van der Waals surface area contributed by atoms with Crippen LogP contribution in [0.2, 0.25) is 0 Å². The monoisotopic (exact) mass is 284 g/mol. The molecule has 1 aromatic rings. The van der Waals surface area contributed by atoms with Crippen LogP contribution in [0.3, 0.4) is 0 Å². The molecule has 2 N–H and O–H groups in total. The summed E-state index contributed by atoms with van der Waals surface area (Å²) in [6.07, 6.45) is 0.148. The largest absolute Gasteiger partial charge is 0.469 e. The zero-order valence-corrected chi connectivity index (χ0v) is 12.3. The Labute approximate surface area is 117 Å². The van der Waals surface area contributed by atoms with Gasteiger partial charge in [-0.05, 0) is 18.5 Å². The molecule has 0 aliphatic heterocycles. The molecule has 0 bridgehead atoms. The van der Waals surface area contributed by atoms with Crippen LogP contribution in [0.5, 0.6) is 0 Å². The summed E-state index contributed by atoms with van der Waals surface area (Å²) in [6, 6.07) is 3.48. The Morgan fingerprint density at radius 2 is 2.21 bits per heavy atom. The zero-order chi connectivity index (χ0) is 14.3. The van der Waals surface area contributed by atoms with Crippen molar-refractivity contribution in [1.82, 2.24) is 10.6 Å². The normalized spacial score (nSPS) is 13.6. The van der Waals surface area contributed by atoms with E-state index in [2.05, 4.69) is 15.4 Å². The van der Waals surface area contributed by atoms with E-state index >= 15 is 0 Å². The highest BCUT2D eigenvalue weighted by Gasteiger charge is 2.22. The van der Waals surface area contributed by atoms with Gasteiger partial charge in [0.2, 0.25) is 5.91 Å². The van der Waals surface area contributed by atoms with Gasteiger partial charge >= 0.3 is 5.97 Å². The number of hydrogen-bond donors (Lipinski definition) is 2. The van der Waals surface area contributed by atoms with Gasteiger partial charge in [-0.15, -0.1) is 11.3 Å². The maximum atomic E-state index is 12.0. The van der Waals surface area contributed by atoms with Crippen LogP contribution in [0.15, 0.2) is 17.5 Å². The summed E-state index contributed by atoms with van der Waals surface area (Å²) in [5, 5.41) is 7.78. The van der Waals surface area contributed by atoms with Crippen molar-refractivity contribution < 1.29 is 14.3 Å². The van der Waals surface area contributed by atoms with Crippen LogP contribution in [0.4, 0.5) is 0 Å². The lowest BCUT2D eigenvalue weighted by Gasteiger charge is -2.19. The predicted molar refractivity (Wildman–Crippen MR) is 74.9 cm³/mol. The Morgan fingerprint density at radius 3 is 2.74 bits per heavy atom. The van der Waals surface area contributed by atoms with Crippen LogP contribution in [0.1, 0.15) is 24.3 Å². The van der Waals surface area contributed by atoms with Gasteiger partial charge in [-0.3, -0.25) is 9.59 Å². The van der Waals surface area contributed by atoms with Gasteiger partial charge in [0.1, 0.15) is 0 Å². The van der Waals surface area contributed by atoms with Crippen molar-refractivity contribution in [3.63, 3.8) is 0 Å². The number of methoxy groups -OCH3 is 1. The van der Waals surface area contributed by atoms with Crippen molar-refractivity contribution in [3.8, 4) is 0 Å². The third-order valence-electron chi connectivity index (χ3n) is 2.76. The first-order valence-electron chi connectivity index (χ1n) is 6.13. The molecule has 0 spiro atoms. The highest BCUT2D eigenvalue weighted by Crippen LogP contribution is 2.22. The summed E-state index contributed by atoms with van der Waals surface area (Å²) in [7, 11) is 3.15. The van der Waals surface area contributed by atoms with Crippen molar-refractivity contribution in [2.24, 2.45) is 5.92 Å². The Bertz CT molecular complexity index is 406. The van der Waals surface area contributed by atoms with Crippen molar-refractivity contribution in [2.45, 2.75) is 19.4 Å². The first-order chi connectivity index (χ1) is 9.08. The maximum Gasteiger partial charge on any atom is 0.307 e. The third kappa shape index (κ3) is 5.00. The molecule has 2 atom stereocenters. The number of ether oxygens (including phenoxy) is 1. The lowest BCUT2D eigenvalue weighted by atomic mass is 10.1. The minimum atomic E-state index is -0.333. The highest BCUT2D eigenvalue weighted by molar-refractivity contribution is 7.10. The van der Waals surface area contributed by atoms with E-state index in [0.717, 1.165) is 4.88 Å². The molecular formula is C13H20N2O3S. The molecular weight excluding hydrogens is 264 g/mol. The van der Waals surface area contributed by atoms with E-state index in [1.165, 1.54) is 18.4 Å². The van der Waals surface area contributed by atoms with E-state index in [1.807, 2.05) is 24.4 Å². The van der Waals surface area contributed by atoms with Crippen LogP contribution in [0.25, 0.3) is 0 Å². The number of esters is 1. The topological polar surface area (TPSA) is 67.4 Å². The Morgan fingerprint density at radius 1 is 1.47 bits per heavy atom. The second kappa shape index (κ2) is 7.91. The van der Waals surface area contributed by atoms with Crippen LogP contribution in [-0.2, 0) is 14.3 Å². The van der Waals surface area contributed by atoms with E-state index in [4.69, 9.17) is 0 Å². The van der Waals surface area contributed by atoms with Gasteiger partial charge in [0.05, 0.1) is 19.6 Å². The van der Waals surface area contributed by atoms with E-state index in [9.17, 15) is 9.59 Å². The van der Waals surface area contributed by atoms with Crippen molar-refractivity contribution >= 4 is 23.2 Å². The van der Waals surface area contributed by atoms with Crippen LogP contribution < -0.4 is 10.6 Å². The SMILES string of the molecule is CNCC(C)C(=O)NC(CC(=O)OC)c1cccs1. The predicted octanol–water partition coefficient (Wildman–Crippen LogP) is 1.32. The van der Waals surface area contributed by atoms with Crippen LogP contribution in [0, 0.1) is 5.92 Å². The molecule has 1 aromatic heterocycles. The van der Waals surface area contributed by atoms with E-state index in [0.29, 0.717) is 6.54 Å². The molecule has 0 saturated heterocycles. The molecule has 19 heavy (non-hydrogen) atoms. The number of amides is 1. The molecule has 1 rings (SSSR count). The third-order valence-corrected chi connectivity index (χ3v) is 3.75. The fourth-order valence-corrected chi connectivity index (χ4v) is 2.45.